The molecule has 1 aliphatic rings. The first-order valence-electron chi connectivity index (χ1n) is 8.72. The molecule has 1 aliphatic heterocycles. The number of fused-ring (bicyclic) bond motifs is 1. The fourth-order valence-corrected chi connectivity index (χ4v) is 3.65. The van der Waals surface area contributed by atoms with E-state index in [0.29, 0.717) is 23.7 Å². The van der Waals surface area contributed by atoms with Crippen LogP contribution in [-0.4, -0.2) is 30.8 Å². The average Bonchev–Trinajstić information content (AvgIpc) is 3.04. The van der Waals surface area contributed by atoms with Crippen LogP contribution in [0.3, 0.4) is 0 Å². The van der Waals surface area contributed by atoms with Gasteiger partial charge in [0.05, 0.1) is 40.1 Å². The van der Waals surface area contributed by atoms with Crippen molar-refractivity contribution in [3.8, 4) is 0 Å². The van der Waals surface area contributed by atoms with Gasteiger partial charge in [-0.3, -0.25) is 9.78 Å². The summed E-state index contributed by atoms with van der Waals surface area (Å²) < 4.78 is 1.79. The third kappa shape index (κ3) is 3.53. The molecule has 0 spiro atoms. The topological polar surface area (TPSA) is 63.9 Å². The highest BCUT2D eigenvalue weighted by molar-refractivity contribution is 6.43. The second kappa shape index (κ2) is 7.37. The van der Waals surface area contributed by atoms with Crippen LogP contribution in [0.1, 0.15) is 38.7 Å². The minimum Gasteiger partial charge on any atom is -0.309 e. The van der Waals surface area contributed by atoms with Crippen molar-refractivity contribution >= 4 is 35.2 Å². The maximum absolute atomic E-state index is 12.8. The summed E-state index contributed by atoms with van der Waals surface area (Å²) in [7, 11) is 0. The quantitative estimate of drug-likeness (QED) is 0.642. The summed E-state index contributed by atoms with van der Waals surface area (Å²) in [5, 5.41) is 9.08. The first-order chi connectivity index (χ1) is 13.4. The van der Waals surface area contributed by atoms with Crippen LogP contribution in [0.5, 0.6) is 0 Å². The minimum atomic E-state index is -0.236. The second-order valence-corrected chi connectivity index (χ2v) is 7.49. The average molecular weight is 414 g/mol. The van der Waals surface area contributed by atoms with E-state index < -0.39 is 0 Å². The molecule has 0 unspecified atom stereocenters. The molecular formula is C20H17Cl2N5O. The van der Waals surface area contributed by atoms with E-state index in [1.165, 1.54) is 0 Å². The van der Waals surface area contributed by atoms with Gasteiger partial charge in [0.1, 0.15) is 5.69 Å². The summed E-state index contributed by atoms with van der Waals surface area (Å²) in [5.41, 5.74) is 4.98. The Balaban J connectivity index is 1.57. The fourth-order valence-electron chi connectivity index (χ4n) is 3.27. The maximum Gasteiger partial charge on any atom is 0.259 e. The van der Waals surface area contributed by atoms with Gasteiger partial charge in [0.2, 0.25) is 0 Å². The number of halogens is 2. The zero-order chi connectivity index (χ0) is 19.8. The van der Waals surface area contributed by atoms with E-state index in [1.807, 2.05) is 32.1 Å². The van der Waals surface area contributed by atoms with Gasteiger partial charge in [-0.15, -0.1) is 5.10 Å². The van der Waals surface area contributed by atoms with Gasteiger partial charge in [0, 0.05) is 11.9 Å². The summed E-state index contributed by atoms with van der Waals surface area (Å²) in [4.78, 5) is 18.9. The number of hydrogen-bond donors (Lipinski definition) is 0. The standard InChI is InChI=1S/C20H17Cl2N5O/c1-12-8-13(2)23-14(9-12)10-27-18-6-7-26(11-17(18)24-25-27)20(28)15-4-3-5-16(21)19(15)22/h3-9H,10-11H2,1-2H3. The van der Waals surface area contributed by atoms with Crippen LogP contribution >= 0.6 is 23.2 Å². The highest BCUT2D eigenvalue weighted by atomic mass is 35.5. The third-order valence-electron chi connectivity index (χ3n) is 4.49. The molecule has 0 bridgehead atoms. The number of benzene rings is 1. The first-order valence-corrected chi connectivity index (χ1v) is 9.47. The van der Waals surface area contributed by atoms with Crippen LogP contribution in [0.25, 0.3) is 6.08 Å². The van der Waals surface area contributed by atoms with Crippen molar-refractivity contribution in [2.24, 2.45) is 0 Å². The van der Waals surface area contributed by atoms with E-state index in [4.69, 9.17) is 23.2 Å². The highest BCUT2D eigenvalue weighted by Crippen LogP contribution is 2.28. The zero-order valence-electron chi connectivity index (χ0n) is 15.4. The molecule has 1 amide bonds. The van der Waals surface area contributed by atoms with E-state index in [9.17, 15) is 4.79 Å². The Kier molecular flexibility index (Phi) is 4.91. The molecule has 0 atom stereocenters. The predicted molar refractivity (Wildman–Crippen MR) is 108 cm³/mol. The van der Waals surface area contributed by atoms with E-state index in [1.54, 1.807) is 34.0 Å². The number of aryl methyl sites for hydroxylation is 2. The normalized spacial score (nSPS) is 12.9. The molecule has 4 rings (SSSR count). The lowest BCUT2D eigenvalue weighted by molar-refractivity contribution is 0.0811. The van der Waals surface area contributed by atoms with Crippen LogP contribution in [-0.2, 0) is 13.1 Å². The molecule has 6 nitrogen and oxygen atoms in total. The summed E-state index contributed by atoms with van der Waals surface area (Å²) in [6.07, 6.45) is 3.55. The van der Waals surface area contributed by atoms with Gasteiger partial charge in [-0.05, 0) is 49.8 Å². The van der Waals surface area contributed by atoms with Crippen molar-refractivity contribution in [1.29, 1.82) is 0 Å². The maximum atomic E-state index is 12.8. The molecule has 2 aromatic heterocycles. The van der Waals surface area contributed by atoms with Gasteiger partial charge in [0.15, 0.2) is 0 Å². The Hall–Kier alpha value is -2.70. The number of hydrogen-bond acceptors (Lipinski definition) is 4. The van der Waals surface area contributed by atoms with Crippen LogP contribution < -0.4 is 0 Å². The van der Waals surface area contributed by atoms with Crippen molar-refractivity contribution in [3.63, 3.8) is 0 Å². The Labute approximate surface area is 172 Å². The van der Waals surface area contributed by atoms with E-state index >= 15 is 0 Å². The van der Waals surface area contributed by atoms with E-state index in [2.05, 4.69) is 15.3 Å². The molecule has 0 fully saturated rings. The van der Waals surface area contributed by atoms with Crippen molar-refractivity contribution < 1.29 is 4.79 Å². The lowest BCUT2D eigenvalue weighted by atomic mass is 10.1. The minimum absolute atomic E-state index is 0.236. The monoisotopic (exact) mass is 413 g/mol. The van der Waals surface area contributed by atoms with Crippen LogP contribution in [0.15, 0.2) is 36.5 Å². The molecular weight excluding hydrogens is 397 g/mol. The fraction of sp³-hybridized carbons (Fsp3) is 0.200. The van der Waals surface area contributed by atoms with Crippen molar-refractivity contribution in [1.82, 2.24) is 24.9 Å². The smallest absolute Gasteiger partial charge is 0.259 e. The number of carbonyl (C=O) groups is 1. The van der Waals surface area contributed by atoms with E-state index in [-0.39, 0.29) is 10.9 Å². The number of pyridine rings is 1. The zero-order valence-corrected chi connectivity index (χ0v) is 16.9. The molecule has 3 heterocycles. The Morgan fingerprint density at radius 2 is 2.04 bits per heavy atom. The summed E-state index contributed by atoms with van der Waals surface area (Å²) in [6, 6.07) is 9.07. The molecule has 0 N–H and O–H groups in total. The number of aromatic nitrogens is 4. The summed E-state index contributed by atoms with van der Waals surface area (Å²) in [6.45, 7) is 4.84. The van der Waals surface area contributed by atoms with Crippen molar-refractivity contribution in [2.75, 3.05) is 0 Å². The molecule has 0 aliphatic carbocycles. The van der Waals surface area contributed by atoms with E-state index in [0.717, 1.165) is 28.3 Å². The predicted octanol–water partition coefficient (Wildman–Crippen LogP) is 4.27. The van der Waals surface area contributed by atoms with Gasteiger partial charge in [-0.2, -0.15) is 0 Å². The van der Waals surface area contributed by atoms with Gasteiger partial charge < -0.3 is 4.90 Å². The number of nitrogens with zero attached hydrogens (tertiary/aromatic N) is 5. The highest BCUT2D eigenvalue weighted by Gasteiger charge is 2.24. The van der Waals surface area contributed by atoms with Gasteiger partial charge >= 0.3 is 0 Å². The Morgan fingerprint density at radius 3 is 2.82 bits per heavy atom. The van der Waals surface area contributed by atoms with Crippen LogP contribution in [0.4, 0.5) is 0 Å². The largest absolute Gasteiger partial charge is 0.309 e. The first kappa shape index (κ1) is 18.7. The molecule has 0 radical (unpaired) electrons. The lowest BCUT2D eigenvalue weighted by Crippen LogP contribution is -2.28. The van der Waals surface area contributed by atoms with Crippen LogP contribution in [0.2, 0.25) is 10.0 Å². The Morgan fingerprint density at radius 1 is 1.21 bits per heavy atom. The van der Waals surface area contributed by atoms with Crippen LogP contribution in [0, 0.1) is 13.8 Å². The molecule has 3 aromatic rings. The molecule has 142 valence electrons. The number of rotatable bonds is 3. The third-order valence-corrected chi connectivity index (χ3v) is 5.30. The van der Waals surface area contributed by atoms with Crippen molar-refractivity contribution in [2.45, 2.75) is 26.9 Å². The lowest BCUT2D eigenvalue weighted by Gasteiger charge is -2.21. The number of amides is 1. The molecule has 1 aromatic carbocycles. The van der Waals surface area contributed by atoms with Crippen molar-refractivity contribution in [3.05, 3.63) is 80.5 Å². The summed E-state index contributed by atoms with van der Waals surface area (Å²) >= 11 is 12.2. The molecule has 0 saturated heterocycles. The molecule has 8 heteroatoms. The summed E-state index contributed by atoms with van der Waals surface area (Å²) in [5.74, 6) is -0.236. The van der Waals surface area contributed by atoms with Gasteiger partial charge in [-0.1, -0.05) is 34.5 Å². The molecule has 28 heavy (non-hydrogen) atoms. The Bertz CT molecular complexity index is 1090. The molecule has 0 saturated carbocycles. The second-order valence-electron chi connectivity index (χ2n) is 6.71. The number of carbonyl (C=O) groups excluding carboxylic acids is 1. The van der Waals surface area contributed by atoms with Gasteiger partial charge in [-0.25, -0.2) is 4.68 Å². The SMILES string of the molecule is Cc1cc(C)nc(Cn2nnc3c2C=CN(C(=O)c2cccc(Cl)c2Cl)C3)c1. The van der Waals surface area contributed by atoms with Gasteiger partial charge in [0.25, 0.3) is 5.91 Å².